The molecule has 1 aliphatic carbocycles. The topological polar surface area (TPSA) is 21.6 Å². The fraction of sp³-hybridized carbons (Fsp3) is 0.500. The van der Waals surface area contributed by atoms with Crippen LogP contribution in [0.5, 0.6) is 0 Å². The summed E-state index contributed by atoms with van der Waals surface area (Å²) in [4.78, 5) is 4.58. The molecule has 1 fully saturated rings. The van der Waals surface area contributed by atoms with Crippen molar-refractivity contribution >= 4 is 5.90 Å². The normalized spacial score (nSPS) is 28.9. The summed E-state index contributed by atoms with van der Waals surface area (Å²) in [5.41, 5.74) is 1.12. The van der Waals surface area contributed by atoms with E-state index in [1.165, 1.54) is 25.7 Å². The third-order valence-electron chi connectivity index (χ3n) is 3.59. The van der Waals surface area contributed by atoms with Crippen molar-refractivity contribution in [1.29, 1.82) is 0 Å². The minimum absolute atomic E-state index is 0.418. The Morgan fingerprint density at radius 1 is 1.06 bits per heavy atom. The number of hydrogen-bond acceptors (Lipinski definition) is 2. The van der Waals surface area contributed by atoms with Gasteiger partial charge in [-0.3, -0.25) is 4.99 Å². The van der Waals surface area contributed by atoms with E-state index in [4.69, 9.17) is 4.74 Å². The van der Waals surface area contributed by atoms with E-state index in [-0.39, 0.29) is 0 Å². The fourth-order valence-corrected chi connectivity index (χ4v) is 2.66. The van der Waals surface area contributed by atoms with Gasteiger partial charge in [-0.15, -0.1) is 0 Å². The lowest BCUT2D eigenvalue weighted by molar-refractivity contribution is 0.0729. The van der Waals surface area contributed by atoms with Crippen LogP contribution >= 0.6 is 0 Å². The molecular formula is C14H17NO. The first kappa shape index (κ1) is 9.88. The lowest BCUT2D eigenvalue weighted by Crippen LogP contribution is -2.36. The molecule has 0 saturated heterocycles. The molecule has 0 aromatic heterocycles. The van der Waals surface area contributed by atoms with Gasteiger partial charge in [0.2, 0.25) is 5.90 Å². The standard InChI is InChI=1S/C14H17NO/c1-2-6-11(7-3-1)14-15-10-12-8-4-5-9-13(12)16-14/h1-3,6-7,12-13H,4-5,8-10H2/t12-,13-/m0/s1. The zero-order valence-electron chi connectivity index (χ0n) is 9.43. The maximum absolute atomic E-state index is 6.03. The van der Waals surface area contributed by atoms with Gasteiger partial charge in [0, 0.05) is 18.0 Å². The molecule has 0 N–H and O–H groups in total. The molecule has 0 amide bonds. The average molecular weight is 215 g/mol. The lowest BCUT2D eigenvalue weighted by atomic mass is 9.86. The van der Waals surface area contributed by atoms with Crippen molar-refractivity contribution < 1.29 is 4.74 Å². The van der Waals surface area contributed by atoms with Crippen LogP contribution in [-0.4, -0.2) is 18.5 Å². The molecule has 1 aromatic rings. The van der Waals surface area contributed by atoms with Crippen molar-refractivity contribution in [2.45, 2.75) is 31.8 Å². The SMILES string of the molecule is c1ccc(C2=NC[C@@H]3CCCC[C@@H]3O2)cc1. The van der Waals surface area contributed by atoms with Crippen LogP contribution in [0.2, 0.25) is 0 Å². The molecule has 0 unspecified atom stereocenters. The number of aliphatic imine (C=N–C) groups is 1. The lowest BCUT2D eigenvalue weighted by Gasteiger charge is -2.34. The Labute approximate surface area is 96.3 Å². The average Bonchev–Trinajstić information content (AvgIpc) is 2.39. The van der Waals surface area contributed by atoms with Crippen molar-refractivity contribution in [2.75, 3.05) is 6.54 Å². The largest absolute Gasteiger partial charge is 0.474 e. The highest BCUT2D eigenvalue weighted by molar-refractivity contribution is 5.94. The van der Waals surface area contributed by atoms with E-state index in [9.17, 15) is 0 Å². The molecule has 2 heteroatoms. The minimum Gasteiger partial charge on any atom is -0.474 e. The highest BCUT2D eigenvalue weighted by Gasteiger charge is 2.30. The van der Waals surface area contributed by atoms with Crippen LogP contribution < -0.4 is 0 Å². The number of hydrogen-bond donors (Lipinski definition) is 0. The van der Waals surface area contributed by atoms with Crippen molar-refractivity contribution in [1.82, 2.24) is 0 Å². The number of nitrogens with zero attached hydrogens (tertiary/aromatic N) is 1. The van der Waals surface area contributed by atoms with Crippen LogP contribution in [0, 0.1) is 5.92 Å². The predicted octanol–water partition coefficient (Wildman–Crippen LogP) is 3.02. The molecule has 0 radical (unpaired) electrons. The van der Waals surface area contributed by atoms with E-state index < -0.39 is 0 Å². The fourth-order valence-electron chi connectivity index (χ4n) is 2.66. The highest BCUT2D eigenvalue weighted by atomic mass is 16.5. The first-order chi connectivity index (χ1) is 7.93. The van der Waals surface area contributed by atoms with Gasteiger partial charge in [-0.2, -0.15) is 0 Å². The molecular weight excluding hydrogens is 198 g/mol. The summed E-state index contributed by atoms with van der Waals surface area (Å²) in [6, 6.07) is 10.2. The van der Waals surface area contributed by atoms with Crippen molar-refractivity contribution in [3.8, 4) is 0 Å². The summed E-state index contributed by atoms with van der Waals surface area (Å²) in [6.45, 7) is 0.953. The monoisotopic (exact) mass is 215 g/mol. The van der Waals surface area contributed by atoms with Gasteiger partial charge in [-0.25, -0.2) is 0 Å². The van der Waals surface area contributed by atoms with Gasteiger partial charge >= 0.3 is 0 Å². The first-order valence-corrected chi connectivity index (χ1v) is 6.20. The smallest absolute Gasteiger partial charge is 0.216 e. The molecule has 2 nitrogen and oxygen atoms in total. The number of rotatable bonds is 1. The maximum atomic E-state index is 6.03. The molecule has 3 rings (SSSR count). The Kier molecular flexibility index (Phi) is 2.65. The van der Waals surface area contributed by atoms with Gasteiger partial charge in [0.05, 0.1) is 0 Å². The van der Waals surface area contributed by atoms with E-state index in [1.54, 1.807) is 0 Å². The van der Waals surface area contributed by atoms with Gasteiger partial charge in [0.15, 0.2) is 0 Å². The second-order valence-electron chi connectivity index (χ2n) is 4.71. The molecule has 1 aliphatic heterocycles. The van der Waals surface area contributed by atoms with Crippen LogP contribution in [0.25, 0.3) is 0 Å². The highest BCUT2D eigenvalue weighted by Crippen LogP contribution is 2.30. The molecule has 0 spiro atoms. The van der Waals surface area contributed by atoms with Crippen molar-refractivity contribution in [2.24, 2.45) is 10.9 Å². The van der Waals surface area contributed by atoms with Gasteiger partial charge in [0.1, 0.15) is 6.10 Å². The number of benzene rings is 1. The van der Waals surface area contributed by atoms with Gasteiger partial charge in [-0.05, 0) is 31.4 Å². The second kappa shape index (κ2) is 4.28. The Morgan fingerprint density at radius 3 is 2.75 bits per heavy atom. The van der Waals surface area contributed by atoms with E-state index in [0.717, 1.165) is 18.0 Å². The Morgan fingerprint density at radius 2 is 1.88 bits per heavy atom. The molecule has 2 aliphatic rings. The van der Waals surface area contributed by atoms with Gasteiger partial charge < -0.3 is 4.74 Å². The first-order valence-electron chi connectivity index (χ1n) is 6.20. The van der Waals surface area contributed by atoms with Gasteiger partial charge in [0.25, 0.3) is 0 Å². The third kappa shape index (κ3) is 1.84. The Balaban J connectivity index is 1.81. The molecule has 1 heterocycles. The van der Waals surface area contributed by atoms with E-state index in [2.05, 4.69) is 17.1 Å². The van der Waals surface area contributed by atoms with Crippen LogP contribution in [0.15, 0.2) is 35.3 Å². The quantitative estimate of drug-likeness (QED) is 0.705. The van der Waals surface area contributed by atoms with E-state index >= 15 is 0 Å². The summed E-state index contributed by atoms with van der Waals surface area (Å²) in [5, 5.41) is 0. The summed E-state index contributed by atoms with van der Waals surface area (Å²) >= 11 is 0. The van der Waals surface area contributed by atoms with Crippen molar-refractivity contribution in [3.63, 3.8) is 0 Å². The summed E-state index contributed by atoms with van der Waals surface area (Å²) < 4.78 is 6.03. The van der Waals surface area contributed by atoms with Gasteiger partial charge in [-0.1, -0.05) is 24.6 Å². The van der Waals surface area contributed by atoms with E-state index in [1.807, 2.05) is 18.2 Å². The molecule has 16 heavy (non-hydrogen) atoms. The summed E-state index contributed by atoms with van der Waals surface area (Å²) in [7, 11) is 0. The molecule has 1 saturated carbocycles. The van der Waals surface area contributed by atoms with E-state index in [0.29, 0.717) is 12.0 Å². The summed E-state index contributed by atoms with van der Waals surface area (Å²) in [6.07, 6.45) is 5.57. The zero-order chi connectivity index (χ0) is 10.8. The predicted molar refractivity (Wildman–Crippen MR) is 64.7 cm³/mol. The molecule has 1 aromatic carbocycles. The Hall–Kier alpha value is -1.31. The number of fused-ring (bicyclic) bond motifs is 1. The minimum atomic E-state index is 0.418. The molecule has 0 bridgehead atoms. The molecule has 84 valence electrons. The number of ether oxygens (including phenoxy) is 1. The van der Waals surface area contributed by atoms with Crippen LogP contribution in [-0.2, 0) is 4.74 Å². The summed E-state index contributed by atoms with van der Waals surface area (Å²) in [5.74, 6) is 1.52. The van der Waals surface area contributed by atoms with Crippen LogP contribution in [0.1, 0.15) is 31.2 Å². The maximum Gasteiger partial charge on any atom is 0.216 e. The zero-order valence-corrected chi connectivity index (χ0v) is 9.43. The second-order valence-corrected chi connectivity index (χ2v) is 4.71. The third-order valence-corrected chi connectivity index (χ3v) is 3.59. The van der Waals surface area contributed by atoms with Crippen LogP contribution in [0.3, 0.4) is 0 Å². The Bertz CT molecular complexity index is 385. The van der Waals surface area contributed by atoms with Crippen molar-refractivity contribution in [3.05, 3.63) is 35.9 Å². The molecule has 2 atom stereocenters. The van der Waals surface area contributed by atoms with Crippen LogP contribution in [0.4, 0.5) is 0 Å².